The fourth-order valence-corrected chi connectivity index (χ4v) is 2.08. The second kappa shape index (κ2) is 6.00. The smallest absolute Gasteiger partial charge is 0.226 e. The van der Waals surface area contributed by atoms with Crippen LogP contribution < -0.4 is 16.4 Å². The fourth-order valence-electron chi connectivity index (χ4n) is 2.08. The van der Waals surface area contributed by atoms with Gasteiger partial charge in [-0.15, -0.1) is 0 Å². The first-order chi connectivity index (χ1) is 9.49. The lowest BCUT2D eigenvalue weighted by atomic mass is 10.0. The second-order valence-corrected chi connectivity index (χ2v) is 4.96. The van der Waals surface area contributed by atoms with Gasteiger partial charge < -0.3 is 16.4 Å². The molecule has 1 unspecified atom stereocenters. The van der Waals surface area contributed by atoms with Gasteiger partial charge in [0.1, 0.15) is 5.82 Å². The lowest BCUT2D eigenvalue weighted by molar-refractivity contribution is -0.117. The van der Waals surface area contributed by atoms with Crippen LogP contribution in [-0.2, 0) is 16.0 Å². The predicted octanol–water partition coefficient (Wildman–Crippen LogP) is 1.78. The summed E-state index contributed by atoms with van der Waals surface area (Å²) in [5.41, 5.74) is 7.05. The van der Waals surface area contributed by atoms with Crippen molar-refractivity contribution in [1.82, 2.24) is 0 Å². The van der Waals surface area contributed by atoms with Gasteiger partial charge in [-0.1, -0.05) is 6.92 Å². The number of nitrogens with two attached hydrogens (primary N) is 1. The molecular weight excluding hydrogens is 261 g/mol. The summed E-state index contributed by atoms with van der Waals surface area (Å²) < 4.78 is 13.9. The highest BCUT2D eigenvalue weighted by atomic mass is 19.1. The Morgan fingerprint density at radius 1 is 1.50 bits per heavy atom. The Morgan fingerprint density at radius 3 is 2.95 bits per heavy atom. The molecule has 0 radical (unpaired) electrons. The van der Waals surface area contributed by atoms with E-state index in [-0.39, 0.29) is 30.0 Å². The monoisotopic (exact) mass is 279 g/mol. The molecule has 0 bridgehead atoms. The number of nitrogens with one attached hydrogen (secondary N) is 2. The van der Waals surface area contributed by atoms with Crippen molar-refractivity contribution in [3.63, 3.8) is 0 Å². The summed E-state index contributed by atoms with van der Waals surface area (Å²) >= 11 is 0. The third-order valence-corrected chi connectivity index (χ3v) is 3.33. The SMILES string of the molecule is CCC(N)CC(=O)Nc1cc2c(cc1F)CCC(=O)N2. The molecule has 1 aliphatic rings. The van der Waals surface area contributed by atoms with E-state index < -0.39 is 5.82 Å². The minimum Gasteiger partial charge on any atom is -0.327 e. The van der Waals surface area contributed by atoms with Crippen LogP contribution in [0.5, 0.6) is 0 Å². The first-order valence-electron chi connectivity index (χ1n) is 6.67. The van der Waals surface area contributed by atoms with Gasteiger partial charge in [-0.2, -0.15) is 0 Å². The van der Waals surface area contributed by atoms with E-state index >= 15 is 0 Å². The highest BCUT2D eigenvalue weighted by molar-refractivity contribution is 5.96. The molecule has 2 amide bonds. The van der Waals surface area contributed by atoms with E-state index in [1.165, 1.54) is 12.1 Å². The number of rotatable bonds is 4. The molecule has 1 aliphatic heterocycles. The van der Waals surface area contributed by atoms with Crippen LogP contribution in [0, 0.1) is 5.82 Å². The van der Waals surface area contributed by atoms with Gasteiger partial charge >= 0.3 is 0 Å². The third-order valence-electron chi connectivity index (χ3n) is 3.33. The first-order valence-corrected chi connectivity index (χ1v) is 6.67. The number of amides is 2. The highest BCUT2D eigenvalue weighted by Gasteiger charge is 2.18. The van der Waals surface area contributed by atoms with Gasteiger partial charge in [0.25, 0.3) is 0 Å². The van der Waals surface area contributed by atoms with E-state index in [1.54, 1.807) is 0 Å². The van der Waals surface area contributed by atoms with Gasteiger partial charge in [-0.05, 0) is 30.5 Å². The molecule has 2 rings (SSSR count). The number of anilines is 2. The molecular formula is C14H18FN3O2. The number of hydrogen-bond donors (Lipinski definition) is 3. The first kappa shape index (κ1) is 14.5. The molecule has 0 saturated carbocycles. The Labute approximate surface area is 116 Å². The quantitative estimate of drug-likeness (QED) is 0.785. The van der Waals surface area contributed by atoms with Crippen LogP contribution in [0.1, 0.15) is 31.7 Å². The molecule has 6 heteroatoms. The molecule has 0 aliphatic carbocycles. The van der Waals surface area contributed by atoms with Gasteiger partial charge in [0, 0.05) is 24.6 Å². The lowest BCUT2D eigenvalue weighted by Crippen LogP contribution is -2.26. The summed E-state index contributed by atoms with van der Waals surface area (Å²) in [6.07, 6.45) is 1.67. The molecule has 5 nitrogen and oxygen atoms in total. The maximum absolute atomic E-state index is 13.9. The van der Waals surface area contributed by atoms with Crippen LogP contribution in [-0.4, -0.2) is 17.9 Å². The van der Waals surface area contributed by atoms with Crippen LogP contribution in [0.25, 0.3) is 0 Å². The molecule has 0 fully saturated rings. The highest BCUT2D eigenvalue weighted by Crippen LogP contribution is 2.28. The lowest BCUT2D eigenvalue weighted by Gasteiger charge is -2.18. The van der Waals surface area contributed by atoms with Crippen molar-refractivity contribution in [1.29, 1.82) is 0 Å². The molecule has 20 heavy (non-hydrogen) atoms. The molecule has 108 valence electrons. The summed E-state index contributed by atoms with van der Waals surface area (Å²) in [7, 11) is 0. The summed E-state index contributed by atoms with van der Waals surface area (Å²) in [6.45, 7) is 1.88. The van der Waals surface area contributed by atoms with Crippen LogP contribution in [0.15, 0.2) is 12.1 Å². The Balaban J connectivity index is 2.14. The predicted molar refractivity (Wildman–Crippen MR) is 74.9 cm³/mol. The third kappa shape index (κ3) is 3.33. The van der Waals surface area contributed by atoms with Crippen molar-refractivity contribution in [2.45, 2.75) is 38.6 Å². The maximum Gasteiger partial charge on any atom is 0.226 e. The van der Waals surface area contributed by atoms with Crippen molar-refractivity contribution in [3.8, 4) is 0 Å². The zero-order valence-electron chi connectivity index (χ0n) is 11.3. The summed E-state index contributed by atoms with van der Waals surface area (Å²) in [4.78, 5) is 23.0. The van der Waals surface area contributed by atoms with Crippen molar-refractivity contribution in [2.75, 3.05) is 10.6 Å². The zero-order chi connectivity index (χ0) is 14.7. The Bertz CT molecular complexity index is 545. The van der Waals surface area contributed by atoms with Crippen LogP contribution in [0.2, 0.25) is 0 Å². The Kier molecular flexibility index (Phi) is 4.34. The van der Waals surface area contributed by atoms with Gasteiger partial charge in [-0.3, -0.25) is 9.59 Å². The van der Waals surface area contributed by atoms with Crippen molar-refractivity contribution in [3.05, 3.63) is 23.5 Å². The number of halogens is 1. The summed E-state index contributed by atoms with van der Waals surface area (Å²) in [5, 5.41) is 5.17. The Hall–Kier alpha value is -1.95. The minimum atomic E-state index is -0.502. The fraction of sp³-hybridized carbons (Fsp3) is 0.429. The van der Waals surface area contributed by atoms with E-state index in [0.717, 1.165) is 5.56 Å². The molecule has 0 saturated heterocycles. The van der Waals surface area contributed by atoms with E-state index in [2.05, 4.69) is 10.6 Å². The number of carbonyl (C=O) groups is 2. The largest absolute Gasteiger partial charge is 0.327 e. The maximum atomic E-state index is 13.9. The van der Waals surface area contributed by atoms with E-state index in [4.69, 9.17) is 5.73 Å². The number of aryl methyl sites for hydroxylation is 1. The van der Waals surface area contributed by atoms with Crippen molar-refractivity contribution >= 4 is 23.2 Å². The molecule has 1 aromatic rings. The van der Waals surface area contributed by atoms with Gasteiger partial charge in [-0.25, -0.2) is 4.39 Å². The second-order valence-electron chi connectivity index (χ2n) is 4.96. The zero-order valence-corrected chi connectivity index (χ0v) is 11.3. The molecule has 4 N–H and O–H groups in total. The minimum absolute atomic E-state index is 0.0688. The molecule has 1 atom stereocenters. The van der Waals surface area contributed by atoms with Crippen LogP contribution in [0.3, 0.4) is 0 Å². The van der Waals surface area contributed by atoms with Crippen LogP contribution >= 0.6 is 0 Å². The van der Waals surface area contributed by atoms with Crippen LogP contribution in [0.4, 0.5) is 15.8 Å². The summed E-state index contributed by atoms with van der Waals surface area (Å²) in [5.74, 6) is -0.937. The van der Waals surface area contributed by atoms with E-state index in [0.29, 0.717) is 24.9 Å². The molecule has 1 aromatic carbocycles. The van der Waals surface area contributed by atoms with Gasteiger partial charge in [0.15, 0.2) is 0 Å². The number of benzene rings is 1. The molecule has 1 heterocycles. The average molecular weight is 279 g/mol. The number of carbonyl (C=O) groups excluding carboxylic acids is 2. The van der Waals surface area contributed by atoms with Crippen molar-refractivity contribution < 1.29 is 14.0 Å². The standard InChI is InChI=1S/C14H18FN3O2/c1-2-9(16)6-14(20)18-12-7-11-8(5-10(12)15)3-4-13(19)17-11/h5,7,9H,2-4,6,16H2,1H3,(H,17,19)(H,18,20). The van der Waals surface area contributed by atoms with E-state index in [1.807, 2.05) is 6.92 Å². The summed E-state index contributed by atoms with van der Waals surface area (Å²) in [6, 6.07) is 2.57. The molecule has 0 aromatic heterocycles. The topological polar surface area (TPSA) is 84.2 Å². The average Bonchev–Trinajstić information content (AvgIpc) is 2.40. The Morgan fingerprint density at radius 2 is 2.25 bits per heavy atom. The van der Waals surface area contributed by atoms with Crippen molar-refractivity contribution in [2.24, 2.45) is 5.73 Å². The van der Waals surface area contributed by atoms with Gasteiger partial charge in [0.2, 0.25) is 11.8 Å². The number of hydrogen-bond acceptors (Lipinski definition) is 3. The van der Waals surface area contributed by atoms with Gasteiger partial charge in [0.05, 0.1) is 5.69 Å². The normalized spacial score (nSPS) is 15.2. The molecule has 0 spiro atoms. The number of fused-ring (bicyclic) bond motifs is 1. The van der Waals surface area contributed by atoms with E-state index in [9.17, 15) is 14.0 Å².